The second kappa shape index (κ2) is 16.5. The molecule has 12 heteroatoms. The van der Waals surface area contributed by atoms with Gasteiger partial charge in [-0.15, -0.1) is 0 Å². The van der Waals surface area contributed by atoms with Crippen molar-refractivity contribution in [1.82, 2.24) is 10.2 Å². The lowest BCUT2D eigenvalue weighted by molar-refractivity contribution is -0.140. The summed E-state index contributed by atoms with van der Waals surface area (Å²) in [6.07, 6.45) is 1.80. The second-order valence-electron chi connectivity index (χ2n) is 10.6. The Morgan fingerprint density at radius 3 is 2.02 bits per heavy atom. The number of halogens is 4. The lowest BCUT2D eigenvalue weighted by atomic mass is 10.0. The van der Waals surface area contributed by atoms with Crippen LogP contribution in [0.3, 0.4) is 0 Å². The predicted molar refractivity (Wildman–Crippen MR) is 186 cm³/mol. The van der Waals surface area contributed by atoms with Crippen LogP contribution in [0.5, 0.6) is 0 Å². The van der Waals surface area contributed by atoms with Gasteiger partial charge in [0, 0.05) is 29.6 Å². The summed E-state index contributed by atoms with van der Waals surface area (Å²) in [7, 11) is -4.29. The molecule has 0 radical (unpaired) electrons. The van der Waals surface area contributed by atoms with E-state index >= 15 is 0 Å². The van der Waals surface area contributed by atoms with Crippen molar-refractivity contribution in [3.8, 4) is 0 Å². The van der Waals surface area contributed by atoms with Crippen LogP contribution < -0.4 is 9.62 Å². The van der Waals surface area contributed by atoms with Gasteiger partial charge in [0.1, 0.15) is 12.6 Å². The number of sulfonamides is 1. The molecule has 1 N–H and O–H groups in total. The monoisotopic (exact) mass is 719 g/mol. The number of hydrogen-bond acceptors (Lipinski definition) is 4. The summed E-state index contributed by atoms with van der Waals surface area (Å²) < 4.78 is 29.1. The van der Waals surface area contributed by atoms with Gasteiger partial charge >= 0.3 is 0 Å². The van der Waals surface area contributed by atoms with Gasteiger partial charge in [0.05, 0.1) is 20.6 Å². The lowest BCUT2D eigenvalue weighted by Gasteiger charge is -2.34. The molecule has 2 amide bonds. The number of rotatable bonds is 14. The molecule has 4 aromatic carbocycles. The maximum atomic E-state index is 14.5. The van der Waals surface area contributed by atoms with Crippen LogP contribution in [0.2, 0.25) is 20.1 Å². The van der Waals surface area contributed by atoms with Crippen molar-refractivity contribution in [1.29, 1.82) is 0 Å². The number of anilines is 1. The van der Waals surface area contributed by atoms with E-state index in [1.807, 2.05) is 37.3 Å². The van der Waals surface area contributed by atoms with Crippen molar-refractivity contribution in [2.24, 2.45) is 0 Å². The summed E-state index contributed by atoms with van der Waals surface area (Å²) in [5, 5.41) is 3.94. The number of amides is 2. The summed E-state index contributed by atoms with van der Waals surface area (Å²) in [4.78, 5) is 29.7. The molecule has 0 bridgehead atoms. The number of carbonyl (C=O) groups excluding carboxylic acids is 2. The van der Waals surface area contributed by atoms with E-state index in [0.29, 0.717) is 17.1 Å². The molecule has 0 heterocycles. The van der Waals surface area contributed by atoms with Crippen LogP contribution in [0.4, 0.5) is 5.69 Å². The van der Waals surface area contributed by atoms with E-state index in [1.165, 1.54) is 35.2 Å². The first-order valence-corrected chi connectivity index (χ1v) is 17.5. The number of benzene rings is 4. The first-order valence-electron chi connectivity index (χ1n) is 14.6. The van der Waals surface area contributed by atoms with Gasteiger partial charge in [-0.3, -0.25) is 13.9 Å². The molecule has 0 spiro atoms. The Morgan fingerprint density at radius 1 is 0.783 bits per heavy atom. The Morgan fingerprint density at radius 2 is 1.41 bits per heavy atom. The number of hydrogen-bond donors (Lipinski definition) is 1. The molecule has 0 saturated carbocycles. The van der Waals surface area contributed by atoms with Crippen molar-refractivity contribution in [2.75, 3.05) is 17.4 Å². The predicted octanol–water partition coefficient (Wildman–Crippen LogP) is 8.05. The van der Waals surface area contributed by atoms with E-state index in [1.54, 1.807) is 36.4 Å². The highest BCUT2D eigenvalue weighted by Gasteiger charge is 2.35. The first-order chi connectivity index (χ1) is 22.0. The smallest absolute Gasteiger partial charge is 0.264 e. The van der Waals surface area contributed by atoms with Gasteiger partial charge in [0.25, 0.3) is 10.0 Å². The maximum Gasteiger partial charge on any atom is 0.264 e. The maximum absolute atomic E-state index is 14.5. The summed E-state index contributed by atoms with van der Waals surface area (Å²) >= 11 is 25.1. The molecule has 0 aromatic heterocycles. The molecule has 0 fully saturated rings. The minimum Gasteiger partial charge on any atom is -0.354 e. The van der Waals surface area contributed by atoms with Crippen molar-refractivity contribution in [3.05, 3.63) is 128 Å². The largest absolute Gasteiger partial charge is 0.354 e. The average Bonchev–Trinajstić information content (AvgIpc) is 3.03. The van der Waals surface area contributed by atoms with Gasteiger partial charge in [-0.25, -0.2) is 8.42 Å². The molecule has 4 rings (SSSR count). The molecule has 7 nitrogen and oxygen atoms in total. The standard InChI is InChI=1S/C34H33Cl4N3O4S/c1-2-3-16-39-34(43)32(18-24-10-6-4-7-11-24)40(22-25-14-15-30(37)31(38)17-25)33(42)23-41(28-20-26(35)19-27(36)21-28)46(44,45)29-12-8-5-9-13-29/h4-15,17,19-21,32H,2-3,16,18,22-23H2,1H3,(H,39,43)/t32-/m0/s1. The van der Waals surface area contributed by atoms with Crippen LogP contribution >= 0.6 is 46.4 Å². The lowest BCUT2D eigenvalue weighted by Crippen LogP contribution is -2.53. The van der Waals surface area contributed by atoms with Crippen molar-refractivity contribution in [2.45, 2.75) is 43.7 Å². The number of nitrogens with one attached hydrogen (secondary N) is 1. The van der Waals surface area contributed by atoms with Crippen LogP contribution in [0.1, 0.15) is 30.9 Å². The molecule has 0 aliphatic carbocycles. The molecule has 4 aromatic rings. The third-order valence-electron chi connectivity index (χ3n) is 7.18. The SMILES string of the molecule is CCCCNC(=O)[C@H](Cc1ccccc1)N(Cc1ccc(Cl)c(Cl)c1)C(=O)CN(c1cc(Cl)cc(Cl)c1)S(=O)(=O)c1ccccc1. The van der Waals surface area contributed by atoms with Crippen LogP contribution in [-0.4, -0.2) is 44.3 Å². The van der Waals surface area contributed by atoms with E-state index < -0.39 is 28.5 Å². The first kappa shape index (κ1) is 35.6. The van der Waals surface area contributed by atoms with E-state index in [0.717, 1.165) is 22.7 Å². The van der Waals surface area contributed by atoms with E-state index in [4.69, 9.17) is 46.4 Å². The fraction of sp³-hybridized carbons (Fsp3) is 0.235. The number of nitrogens with zero attached hydrogens (tertiary/aromatic N) is 2. The van der Waals surface area contributed by atoms with Crippen LogP contribution in [-0.2, 0) is 32.6 Å². The van der Waals surface area contributed by atoms with Crippen LogP contribution in [0.15, 0.2) is 102 Å². The fourth-order valence-corrected chi connectivity index (χ4v) is 7.08. The molecule has 0 saturated heterocycles. The third-order valence-corrected chi connectivity index (χ3v) is 10.1. The van der Waals surface area contributed by atoms with Gasteiger partial charge in [-0.1, -0.05) is 114 Å². The summed E-state index contributed by atoms with van der Waals surface area (Å²) in [6, 6.07) is 25.3. The van der Waals surface area contributed by atoms with Crippen molar-refractivity contribution in [3.63, 3.8) is 0 Å². The zero-order valence-corrected chi connectivity index (χ0v) is 28.8. The molecule has 242 valence electrons. The van der Waals surface area contributed by atoms with E-state index in [9.17, 15) is 18.0 Å². The number of unbranched alkanes of at least 4 members (excludes halogenated alkanes) is 1. The highest BCUT2D eigenvalue weighted by molar-refractivity contribution is 7.92. The Bertz CT molecular complexity index is 1740. The van der Waals surface area contributed by atoms with Crippen LogP contribution in [0.25, 0.3) is 0 Å². The van der Waals surface area contributed by atoms with Gasteiger partial charge in [0.15, 0.2) is 0 Å². The Labute approximate surface area is 290 Å². The Kier molecular flexibility index (Phi) is 12.8. The normalized spacial score (nSPS) is 11.9. The van der Waals surface area contributed by atoms with E-state index in [-0.39, 0.29) is 44.5 Å². The molecular formula is C34H33Cl4N3O4S. The molecule has 0 aliphatic heterocycles. The molecule has 46 heavy (non-hydrogen) atoms. The minimum atomic E-state index is -4.29. The zero-order chi connectivity index (χ0) is 33.3. The van der Waals surface area contributed by atoms with Crippen molar-refractivity contribution < 1.29 is 18.0 Å². The van der Waals surface area contributed by atoms with Gasteiger partial charge < -0.3 is 10.2 Å². The average molecular weight is 722 g/mol. The Hall–Kier alpha value is -3.27. The second-order valence-corrected chi connectivity index (χ2v) is 14.1. The Balaban J connectivity index is 1.82. The molecule has 0 unspecified atom stereocenters. The summed E-state index contributed by atoms with van der Waals surface area (Å²) in [6.45, 7) is 1.73. The quantitative estimate of drug-likeness (QED) is 0.134. The highest BCUT2D eigenvalue weighted by atomic mass is 35.5. The third kappa shape index (κ3) is 9.39. The van der Waals surface area contributed by atoms with Gasteiger partial charge in [-0.05, 0) is 60.0 Å². The fourth-order valence-electron chi connectivity index (χ4n) is 4.83. The van der Waals surface area contributed by atoms with Gasteiger partial charge in [-0.2, -0.15) is 0 Å². The minimum absolute atomic E-state index is 0.0342. The van der Waals surface area contributed by atoms with Crippen LogP contribution in [0, 0.1) is 0 Å². The molecule has 0 aliphatic rings. The topological polar surface area (TPSA) is 86.8 Å². The van der Waals surface area contributed by atoms with Crippen molar-refractivity contribution >= 4 is 73.9 Å². The summed E-state index contributed by atoms with van der Waals surface area (Å²) in [5.74, 6) is -0.998. The van der Waals surface area contributed by atoms with Gasteiger partial charge in [0.2, 0.25) is 11.8 Å². The van der Waals surface area contributed by atoms with E-state index in [2.05, 4.69) is 5.32 Å². The molecular weight excluding hydrogens is 688 g/mol. The highest BCUT2D eigenvalue weighted by Crippen LogP contribution is 2.31. The zero-order valence-electron chi connectivity index (χ0n) is 25.0. The molecule has 1 atom stereocenters. The number of carbonyl (C=O) groups is 2. The summed E-state index contributed by atoms with van der Waals surface area (Å²) in [5.41, 5.74) is 1.52.